The highest BCUT2D eigenvalue weighted by Crippen LogP contribution is 2.30. The van der Waals surface area contributed by atoms with Crippen LogP contribution in [-0.4, -0.2) is 21.5 Å². The van der Waals surface area contributed by atoms with E-state index in [1.807, 2.05) is 0 Å². The molecule has 0 aliphatic heterocycles. The molecule has 0 unspecified atom stereocenters. The van der Waals surface area contributed by atoms with Gasteiger partial charge >= 0.3 is 6.18 Å². The molecule has 0 amide bonds. The number of halogens is 3. The number of alkyl halides is 3. The van der Waals surface area contributed by atoms with Gasteiger partial charge in [-0.2, -0.15) is 13.2 Å². The van der Waals surface area contributed by atoms with Gasteiger partial charge in [0.25, 0.3) is 0 Å². The number of nitrogens with zero attached hydrogens (tertiary/aromatic N) is 3. The van der Waals surface area contributed by atoms with Crippen molar-refractivity contribution >= 4 is 5.82 Å². The fourth-order valence-corrected chi connectivity index (χ4v) is 1.74. The largest absolute Gasteiger partial charge is 0.451 e. The first-order valence-corrected chi connectivity index (χ1v) is 6.03. The summed E-state index contributed by atoms with van der Waals surface area (Å²) < 4.78 is 38.5. The Hall–Kier alpha value is -2.18. The smallest absolute Gasteiger partial charge is 0.370 e. The maximum absolute atomic E-state index is 12.8. The molecule has 7 heteroatoms. The fraction of sp³-hybridized carbons (Fsp3) is 0.308. The lowest BCUT2D eigenvalue weighted by atomic mass is 10.1. The molecule has 4 nitrogen and oxygen atoms in total. The number of hydrogen-bond acceptors (Lipinski definition) is 4. The topological polar surface area (TPSA) is 50.7 Å². The summed E-state index contributed by atoms with van der Waals surface area (Å²) in [6, 6.07) is 3.13. The van der Waals surface area contributed by atoms with Gasteiger partial charge in [0, 0.05) is 30.6 Å². The van der Waals surface area contributed by atoms with E-state index in [9.17, 15) is 13.2 Å². The van der Waals surface area contributed by atoms with Crippen molar-refractivity contribution in [1.82, 2.24) is 15.0 Å². The zero-order valence-electron chi connectivity index (χ0n) is 11.0. The van der Waals surface area contributed by atoms with Crippen LogP contribution in [0.25, 0.3) is 11.3 Å². The van der Waals surface area contributed by atoms with Gasteiger partial charge in [0.1, 0.15) is 5.82 Å². The van der Waals surface area contributed by atoms with Crippen LogP contribution in [0, 0.1) is 6.92 Å². The number of aromatic nitrogens is 3. The van der Waals surface area contributed by atoms with Crippen LogP contribution in [0.15, 0.2) is 24.5 Å². The average Bonchev–Trinajstić information content (AvgIpc) is 2.38. The van der Waals surface area contributed by atoms with Crippen molar-refractivity contribution < 1.29 is 13.2 Å². The second-order valence-corrected chi connectivity index (χ2v) is 4.18. The number of hydrogen-bond donors (Lipinski definition) is 1. The van der Waals surface area contributed by atoms with Gasteiger partial charge in [0.15, 0.2) is 0 Å². The predicted octanol–water partition coefficient (Wildman–Crippen LogP) is 3.30. The molecule has 0 saturated heterocycles. The summed E-state index contributed by atoms with van der Waals surface area (Å²) in [5.74, 6) is -0.997. The van der Waals surface area contributed by atoms with Crippen molar-refractivity contribution in [3.8, 4) is 11.3 Å². The van der Waals surface area contributed by atoms with Crippen LogP contribution in [0.3, 0.4) is 0 Å². The Bertz CT molecular complexity index is 611. The van der Waals surface area contributed by atoms with Crippen molar-refractivity contribution in [3.05, 3.63) is 35.9 Å². The Morgan fingerprint density at radius 3 is 2.60 bits per heavy atom. The van der Waals surface area contributed by atoms with E-state index < -0.39 is 12.0 Å². The highest BCUT2D eigenvalue weighted by molar-refractivity contribution is 5.65. The number of anilines is 1. The minimum atomic E-state index is -4.58. The maximum Gasteiger partial charge on any atom is 0.451 e. The molecule has 0 spiro atoms. The maximum atomic E-state index is 12.8. The molecule has 0 aliphatic rings. The number of nitrogens with one attached hydrogen (secondary N) is 1. The van der Waals surface area contributed by atoms with Gasteiger partial charge in [0.05, 0.1) is 5.69 Å². The molecule has 1 N–H and O–H groups in total. The third-order valence-electron chi connectivity index (χ3n) is 2.63. The Morgan fingerprint density at radius 1 is 1.25 bits per heavy atom. The van der Waals surface area contributed by atoms with Gasteiger partial charge in [-0.05, 0) is 25.5 Å². The molecular weight excluding hydrogens is 269 g/mol. The van der Waals surface area contributed by atoms with Crippen LogP contribution < -0.4 is 5.32 Å². The lowest BCUT2D eigenvalue weighted by Crippen LogP contribution is -2.14. The van der Waals surface area contributed by atoms with E-state index in [1.54, 1.807) is 26.1 Å². The highest BCUT2D eigenvalue weighted by Gasteiger charge is 2.35. The molecule has 106 valence electrons. The van der Waals surface area contributed by atoms with E-state index in [0.717, 1.165) is 5.56 Å². The van der Waals surface area contributed by atoms with E-state index in [2.05, 4.69) is 20.3 Å². The monoisotopic (exact) mass is 282 g/mol. The molecule has 0 atom stereocenters. The Kier molecular flexibility index (Phi) is 3.87. The van der Waals surface area contributed by atoms with E-state index in [0.29, 0.717) is 12.1 Å². The molecular formula is C13H13F3N4. The van der Waals surface area contributed by atoms with Gasteiger partial charge in [-0.15, -0.1) is 0 Å². The summed E-state index contributed by atoms with van der Waals surface area (Å²) >= 11 is 0. The lowest BCUT2D eigenvalue weighted by molar-refractivity contribution is -0.144. The molecule has 0 fully saturated rings. The normalized spacial score (nSPS) is 11.4. The van der Waals surface area contributed by atoms with Crippen molar-refractivity contribution in [3.63, 3.8) is 0 Å². The standard InChI is InChI=1S/C13H13F3N4/c1-3-18-11-6-10(9-4-5-17-7-8(9)2)19-12(20-11)13(14,15)16/h4-7H,3H2,1-2H3,(H,18,19,20). The summed E-state index contributed by atoms with van der Waals surface area (Å²) in [5, 5.41) is 2.78. The number of rotatable bonds is 3. The predicted molar refractivity (Wildman–Crippen MR) is 69.2 cm³/mol. The van der Waals surface area contributed by atoms with Crippen LogP contribution in [0.2, 0.25) is 0 Å². The second kappa shape index (κ2) is 5.44. The van der Waals surface area contributed by atoms with Crippen molar-refractivity contribution in [2.75, 3.05) is 11.9 Å². The fourth-order valence-electron chi connectivity index (χ4n) is 1.74. The summed E-state index contributed by atoms with van der Waals surface area (Å²) in [6.45, 7) is 4.03. The highest BCUT2D eigenvalue weighted by atomic mass is 19.4. The summed E-state index contributed by atoms with van der Waals surface area (Å²) in [5.41, 5.74) is 1.58. The minimum absolute atomic E-state index is 0.154. The molecule has 0 saturated carbocycles. The van der Waals surface area contributed by atoms with Gasteiger partial charge < -0.3 is 5.32 Å². The summed E-state index contributed by atoms with van der Waals surface area (Å²) in [6.07, 6.45) is -1.48. The molecule has 2 heterocycles. The molecule has 0 bridgehead atoms. The third kappa shape index (κ3) is 3.04. The molecule has 0 radical (unpaired) electrons. The summed E-state index contributed by atoms with van der Waals surface area (Å²) in [4.78, 5) is 11.0. The van der Waals surface area contributed by atoms with Crippen molar-refractivity contribution in [1.29, 1.82) is 0 Å². The third-order valence-corrected chi connectivity index (χ3v) is 2.63. The van der Waals surface area contributed by atoms with E-state index in [-0.39, 0.29) is 11.5 Å². The van der Waals surface area contributed by atoms with E-state index >= 15 is 0 Å². The van der Waals surface area contributed by atoms with E-state index in [4.69, 9.17) is 0 Å². The molecule has 2 aromatic heterocycles. The van der Waals surface area contributed by atoms with E-state index in [1.165, 1.54) is 12.3 Å². The second-order valence-electron chi connectivity index (χ2n) is 4.18. The van der Waals surface area contributed by atoms with Crippen molar-refractivity contribution in [2.24, 2.45) is 0 Å². The zero-order chi connectivity index (χ0) is 14.8. The Labute approximate surface area is 114 Å². The first kappa shape index (κ1) is 14.2. The Morgan fingerprint density at radius 2 is 2.00 bits per heavy atom. The first-order chi connectivity index (χ1) is 9.41. The van der Waals surface area contributed by atoms with Gasteiger partial charge in [-0.25, -0.2) is 9.97 Å². The van der Waals surface area contributed by atoms with Gasteiger partial charge in [-0.3, -0.25) is 4.98 Å². The quantitative estimate of drug-likeness (QED) is 0.938. The lowest BCUT2D eigenvalue weighted by Gasteiger charge is -2.12. The average molecular weight is 282 g/mol. The SMILES string of the molecule is CCNc1cc(-c2ccncc2C)nc(C(F)(F)F)n1. The van der Waals surface area contributed by atoms with Gasteiger partial charge in [0.2, 0.25) is 5.82 Å². The Balaban J connectivity index is 2.58. The van der Waals surface area contributed by atoms with Crippen LogP contribution >= 0.6 is 0 Å². The van der Waals surface area contributed by atoms with Crippen LogP contribution in [0.1, 0.15) is 18.3 Å². The molecule has 0 aromatic carbocycles. The molecule has 20 heavy (non-hydrogen) atoms. The molecule has 0 aliphatic carbocycles. The summed E-state index contributed by atoms with van der Waals surface area (Å²) in [7, 11) is 0. The van der Waals surface area contributed by atoms with Crippen LogP contribution in [0.5, 0.6) is 0 Å². The first-order valence-electron chi connectivity index (χ1n) is 6.03. The zero-order valence-corrected chi connectivity index (χ0v) is 11.0. The van der Waals surface area contributed by atoms with Crippen molar-refractivity contribution in [2.45, 2.75) is 20.0 Å². The molecule has 2 aromatic rings. The minimum Gasteiger partial charge on any atom is -0.370 e. The van der Waals surface area contributed by atoms with Gasteiger partial charge in [-0.1, -0.05) is 0 Å². The van der Waals surface area contributed by atoms with Crippen LogP contribution in [0.4, 0.5) is 19.0 Å². The number of aryl methyl sites for hydroxylation is 1. The molecule has 2 rings (SSSR count). The van der Waals surface area contributed by atoms with Crippen LogP contribution in [-0.2, 0) is 6.18 Å². The number of pyridine rings is 1.